The maximum absolute atomic E-state index is 10.2. The van der Waals surface area contributed by atoms with E-state index in [9.17, 15) is 4.79 Å². The Morgan fingerprint density at radius 1 is 1.78 bits per heavy atom. The van der Waals surface area contributed by atoms with Crippen molar-refractivity contribution >= 4 is 18.6 Å². The summed E-state index contributed by atoms with van der Waals surface area (Å²) in [6, 6.07) is 0. The van der Waals surface area contributed by atoms with Gasteiger partial charge in [-0.1, -0.05) is 0 Å². The molecule has 0 amide bonds. The molecule has 0 aliphatic rings. The van der Waals surface area contributed by atoms with Crippen LogP contribution in [0.5, 0.6) is 0 Å². The number of nitrogens with two attached hydrogens (primary N) is 1. The van der Waals surface area contributed by atoms with Crippen molar-refractivity contribution in [3.05, 3.63) is 0 Å². The first-order chi connectivity index (χ1) is 4.22. The summed E-state index contributed by atoms with van der Waals surface area (Å²) in [7, 11) is 0. The summed E-state index contributed by atoms with van der Waals surface area (Å²) in [6.07, 6.45) is 0.551. The van der Waals surface area contributed by atoms with Crippen molar-refractivity contribution in [3.8, 4) is 0 Å². The van der Waals surface area contributed by atoms with Gasteiger partial charge in [-0.2, -0.15) is 12.6 Å². The van der Waals surface area contributed by atoms with Crippen molar-refractivity contribution < 1.29 is 9.90 Å². The van der Waals surface area contributed by atoms with E-state index in [1.165, 1.54) is 0 Å². The molecule has 0 saturated carbocycles. The molecule has 54 valence electrons. The van der Waals surface area contributed by atoms with E-state index in [1.54, 1.807) is 0 Å². The molecular formula is C5H11NO2S. The van der Waals surface area contributed by atoms with Crippen LogP contribution >= 0.6 is 12.6 Å². The number of aliphatic carboxylic acids is 1. The first-order valence-corrected chi connectivity index (χ1v) is 3.39. The van der Waals surface area contributed by atoms with Gasteiger partial charge in [0.2, 0.25) is 0 Å². The van der Waals surface area contributed by atoms with E-state index < -0.39 is 11.9 Å². The zero-order chi connectivity index (χ0) is 7.28. The van der Waals surface area contributed by atoms with Gasteiger partial charge in [0.1, 0.15) is 0 Å². The molecular weight excluding hydrogens is 138 g/mol. The fraction of sp³-hybridized carbons (Fsp3) is 0.800. The van der Waals surface area contributed by atoms with Crippen molar-refractivity contribution in [3.63, 3.8) is 0 Å². The fourth-order valence-electron chi connectivity index (χ4n) is 0.498. The van der Waals surface area contributed by atoms with Crippen molar-refractivity contribution in [1.29, 1.82) is 0 Å². The standard InChI is InChI=1S/C5H11NO2S/c6-3-4(1-2-9)5(7)8/h4,9H,1-3,6H2,(H,7,8). The zero-order valence-electron chi connectivity index (χ0n) is 5.08. The highest BCUT2D eigenvalue weighted by molar-refractivity contribution is 7.80. The smallest absolute Gasteiger partial charge is 0.307 e. The number of carboxylic acids is 1. The molecule has 0 radical (unpaired) electrons. The van der Waals surface area contributed by atoms with Crippen molar-refractivity contribution in [2.24, 2.45) is 11.7 Å². The molecule has 1 atom stereocenters. The van der Waals surface area contributed by atoms with E-state index in [-0.39, 0.29) is 6.54 Å². The summed E-state index contributed by atoms with van der Waals surface area (Å²) in [5.41, 5.74) is 5.14. The Bertz CT molecular complexity index is 97.0. The summed E-state index contributed by atoms with van der Waals surface area (Å²) in [5, 5.41) is 8.39. The summed E-state index contributed by atoms with van der Waals surface area (Å²) in [4.78, 5) is 10.2. The monoisotopic (exact) mass is 149 g/mol. The third-order valence-electron chi connectivity index (χ3n) is 1.11. The zero-order valence-corrected chi connectivity index (χ0v) is 5.97. The van der Waals surface area contributed by atoms with Gasteiger partial charge in [0.25, 0.3) is 0 Å². The van der Waals surface area contributed by atoms with E-state index in [0.717, 1.165) is 0 Å². The van der Waals surface area contributed by atoms with Gasteiger partial charge in [-0.3, -0.25) is 4.79 Å². The van der Waals surface area contributed by atoms with Gasteiger partial charge >= 0.3 is 5.97 Å². The average molecular weight is 149 g/mol. The SMILES string of the molecule is NCC(CCS)C(=O)O. The first-order valence-electron chi connectivity index (χ1n) is 2.76. The molecule has 0 aliphatic heterocycles. The van der Waals surface area contributed by atoms with Crippen LogP contribution < -0.4 is 5.73 Å². The lowest BCUT2D eigenvalue weighted by molar-refractivity contribution is -0.141. The molecule has 0 aromatic rings. The fourth-order valence-corrected chi connectivity index (χ4v) is 0.810. The van der Waals surface area contributed by atoms with Gasteiger partial charge in [0, 0.05) is 6.54 Å². The van der Waals surface area contributed by atoms with E-state index >= 15 is 0 Å². The van der Waals surface area contributed by atoms with Gasteiger partial charge < -0.3 is 10.8 Å². The van der Waals surface area contributed by atoms with E-state index in [4.69, 9.17) is 10.8 Å². The normalized spacial score (nSPS) is 13.1. The maximum atomic E-state index is 10.2. The predicted molar refractivity (Wildman–Crippen MR) is 38.7 cm³/mol. The molecule has 0 aromatic heterocycles. The quantitative estimate of drug-likeness (QED) is 0.492. The predicted octanol–water partition coefficient (Wildman–Crippen LogP) is -0.0342. The lowest BCUT2D eigenvalue weighted by atomic mass is 10.1. The molecule has 0 spiro atoms. The second kappa shape index (κ2) is 4.64. The van der Waals surface area contributed by atoms with Gasteiger partial charge in [0.05, 0.1) is 5.92 Å². The molecule has 9 heavy (non-hydrogen) atoms. The number of carboxylic acid groups (broad SMARTS) is 1. The van der Waals surface area contributed by atoms with Crippen molar-refractivity contribution in [1.82, 2.24) is 0 Å². The molecule has 1 unspecified atom stereocenters. The Labute approximate surface area is 59.6 Å². The highest BCUT2D eigenvalue weighted by atomic mass is 32.1. The molecule has 0 rings (SSSR count). The Kier molecular flexibility index (Phi) is 4.53. The molecule has 3 N–H and O–H groups in total. The van der Waals surface area contributed by atoms with E-state index in [0.29, 0.717) is 12.2 Å². The molecule has 0 fully saturated rings. The third-order valence-corrected chi connectivity index (χ3v) is 1.37. The summed E-state index contributed by atoms with van der Waals surface area (Å²) in [6.45, 7) is 0.204. The lowest BCUT2D eigenvalue weighted by Crippen LogP contribution is -2.23. The molecule has 0 bridgehead atoms. The van der Waals surface area contributed by atoms with Crippen molar-refractivity contribution in [2.45, 2.75) is 6.42 Å². The van der Waals surface area contributed by atoms with Crippen LogP contribution in [0.25, 0.3) is 0 Å². The van der Waals surface area contributed by atoms with Gasteiger partial charge in [-0.05, 0) is 12.2 Å². The highest BCUT2D eigenvalue weighted by Gasteiger charge is 2.12. The second-order valence-corrected chi connectivity index (χ2v) is 2.23. The molecule has 0 aliphatic carbocycles. The van der Waals surface area contributed by atoms with Crippen LogP contribution in [0.3, 0.4) is 0 Å². The lowest BCUT2D eigenvalue weighted by Gasteiger charge is -2.05. The Hall–Kier alpha value is -0.220. The van der Waals surface area contributed by atoms with E-state index in [2.05, 4.69) is 12.6 Å². The third kappa shape index (κ3) is 3.37. The van der Waals surface area contributed by atoms with Gasteiger partial charge in [-0.15, -0.1) is 0 Å². The summed E-state index contributed by atoms with van der Waals surface area (Å²) in [5.74, 6) is -0.664. The van der Waals surface area contributed by atoms with E-state index in [1.807, 2.05) is 0 Å². The van der Waals surface area contributed by atoms with Gasteiger partial charge in [0.15, 0.2) is 0 Å². The van der Waals surface area contributed by atoms with Crippen LogP contribution in [0, 0.1) is 5.92 Å². The highest BCUT2D eigenvalue weighted by Crippen LogP contribution is 2.01. The van der Waals surface area contributed by atoms with Gasteiger partial charge in [-0.25, -0.2) is 0 Å². The molecule has 3 nitrogen and oxygen atoms in total. The summed E-state index contributed by atoms with van der Waals surface area (Å²) < 4.78 is 0. The molecule has 0 saturated heterocycles. The molecule has 0 aromatic carbocycles. The topological polar surface area (TPSA) is 63.3 Å². The number of hydrogen-bond acceptors (Lipinski definition) is 3. The minimum Gasteiger partial charge on any atom is -0.481 e. The number of carbonyl (C=O) groups is 1. The largest absolute Gasteiger partial charge is 0.481 e. The van der Waals surface area contributed by atoms with Crippen LogP contribution in [0.2, 0.25) is 0 Å². The van der Waals surface area contributed by atoms with Crippen LogP contribution in [0.1, 0.15) is 6.42 Å². The number of rotatable bonds is 4. The van der Waals surface area contributed by atoms with Crippen LogP contribution in [-0.4, -0.2) is 23.4 Å². The van der Waals surface area contributed by atoms with Crippen LogP contribution in [0.15, 0.2) is 0 Å². The Morgan fingerprint density at radius 2 is 2.33 bits per heavy atom. The second-order valence-electron chi connectivity index (χ2n) is 1.78. The molecule has 4 heteroatoms. The van der Waals surface area contributed by atoms with Crippen LogP contribution in [-0.2, 0) is 4.79 Å². The summed E-state index contributed by atoms with van der Waals surface area (Å²) >= 11 is 3.89. The minimum absolute atomic E-state index is 0.204. The first kappa shape index (κ1) is 8.78. The van der Waals surface area contributed by atoms with Crippen LogP contribution in [0.4, 0.5) is 0 Å². The maximum Gasteiger partial charge on any atom is 0.307 e. The number of hydrogen-bond donors (Lipinski definition) is 3. The Balaban J connectivity index is 3.54. The van der Waals surface area contributed by atoms with Crippen molar-refractivity contribution in [2.75, 3.05) is 12.3 Å². The Morgan fingerprint density at radius 3 is 2.44 bits per heavy atom. The number of thiol groups is 1. The average Bonchev–Trinajstić information content (AvgIpc) is 1.82. The minimum atomic E-state index is -0.827. The molecule has 0 heterocycles.